The molecular formula is C13H19N5O2. The molecule has 108 valence electrons. The SMILES string of the molecule is CCNc1ncnc(NCC2(C3CC3)CC2)c1[N+](=O)[O-]. The van der Waals surface area contributed by atoms with E-state index in [1.807, 2.05) is 6.92 Å². The average molecular weight is 277 g/mol. The van der Waals surface area contributed by atoms with E-state index in [0.29, 0.717) is 17.8 Å². The zero-order chi connectivity index (χ0) is 14.2. The standard InChI is InChI=1S/C13H19N5O2/c1-2-14-11-10(18(19)20)12(17-8-16-11)15-7-13(5-6-13)9-3-4-9/h8-9H,2-7H2,1H3,(H2,14,15,16,17). The first-order valence-electron chi connectivity index (χ1n) is 7.13. The van der Waals surface area contributed by atoms with E-state index in [-0.39, 0.29) is 11.5 Å². The number of rotatable bonds is 7. The second-order valence-corrected chi connectivity index (χ2v) is 5.70. The van der Waals surface area contributed by atoms with Gasteiger partial charge in [0, 0.05) is 13.1 Å². The lowest BCUT2D eigenvalue weighted by atomic mass is 10.0. The molecule has 2 saturated carbocycles. The Morgan fingerprint density at radius 3 is 2.50 bits per heavy atom. The van der Waals surface area contributed by atoms with Gasteiger partial charge in [0.2, 0.25) is 11.6 Å². The van der Waals surface area contributed by atoms with Gasteiger partial charge in [-0.2, -0.15) is 0 Å². The van der Waals surface area contributed by atoms with Crippen molar-refractivity contribution in [3.05, 3.63) is 16.4 Å². The van der Waals surface area contributed by atoms with Gasteiger partial charge in [-0.15, -0.1) is 0 Å². The van der Waals surface area contributed by atoms with Gasteiger partial charge in [0.25, 0.3) is 0 Å². The van der Waals surface area contributed by atoms with E-state index in [1.54, 1.807) is 0 Å². The zero-order valence-corrected chi connectivity index (χ0v) is 11.6. The summed E-state index contributed by atoms with van der Waals surface area (Å²) in [6.07, 6.45) is 6.42. The molecule has 0 unspecified atom stereocenters. The van der Waals surface area contributed by atoms with Crippen LogP contribution in [0, 0.1) is 21.4 Å². The van der Waals surface area contributed by atoms with Crippen molar-refractivity contribution in [2.75, 3.05) is 23.7 Å². The van der Waals surface area contributed by atoms with Crippen molar-refractivity contribution in [1.82, 2.24) is 9.97 Å². The Kier molecular flexibility index (Phi) is 3.19. The first-order valence-corrected chi connectivity index (χ1v) is 7.13. The van der Waals surface area contributed by atoms with E-state index in [0.717, 1.165) is 12.5 Å². The van der Waals surface area contributed by atoms with Gasteiger partial charge in [0.15, 0.2) is 0 Å². The van der Waals surface area contributed by atoms with Crippen LogP contribution in [-0.4, -0.2) is 28.0 Å². The molecule has 2 aliphatic rings. The maximum atomic E-state index is 11.2. The Hall–Kier alpha value is -1.92. The van der Waals surface area contributed by atoms with Crippen LogP contribution in [0.3, 0.4) is 0 Å². The molecule has 1 aromatic heterocycles. The fraction of sp³-hybridized carbons (Fsp3) is 0.692. The van der Waals surface area contributed by atoms with Crippen LogP contribution in [-0.2, 0) is 0 Å². The summed E-state index contributed by atoms with van der Waals surface area (Å²) < 4.78 is 0. The first kappa shape index (κ1) is 13.1. The van der Waals surface area contributed by atoms with E-state index >= 15 is 0 Å². The molecule has 0 bridgehead atoms. The van der Waals surface area contributed by atoms with E-state index in [4.69, 9.17) is 0 Å². The van der Waals surface area contributed by atoms with Gasteiger partial charge in [-0.1, -0.05) is 0 Å². The molecule has 7 heteroatoms. The fourth-order valence-corrected chi connectivity index (χ4v) is 2.82. The minimum absolute atomic E-state index is 0.0547. The maximum Gasteiger partial charge on any atom is 0.353 e. The summed E-state index contributed by atoms with van der Waals surface area (Å²) in [4.78, 5) is 18.8. The third kappa shape index (κ3) is 2.39. The number of nitrogens with zero attached hydrogens (tertiary/aromatic N) is 3. The van der Waals surface area contributed by atoms with Crippen LogP contribution in [0.2, 0.25) is 0 Å². The highest BCUT2D eigenvalue weighted by atomic mass is 16.6. The van der Waals surface area contributed by atoms with Crippen molar-refractivity contribution in [1.29, 1.82) is 0 Å². The Morgan fingerprint density at radius 2 is 2.00 bits per heavy atom. The van der Waals surface area contributed by atoms with Gasteiger partial charge in [-0.3, -0.25) is 10.1 Å². The van der Waals surface area contributed by atoms with Crippen molar-refractivity contribution in [3.8, 4) is 0 Å². The van der Waals surface area contributed by atoms with Crippen molar-refractivity contribution in [3.63, 3.8) is 0 Å². The second kappa shape index (κ2) is 4.88. The number of nitro groups is 1. The summed E-state index contributed by atoms with van der Waals surface area (Å²) in [6.45, 7) is 3.25. The predicted molar refractivity (Wildman–Crippen MR) is 75.7 cm³/mol. The van der Waals surface area contributed by atoms with Crippen molar-refractivity contribution in [2.24, 2.45) is 11.3 Å². The van der Waals surface area contributed by atoms with Crippen LogP contribution >= 0.6 is 0 Å². The van der Waals surface area contributed by atoms with Gasteiger partial charge in [0.05, 0.1) is 4.92 Å². The van der Waals surface area contributed by atoms with Gasteiger partial charge < -0.3 is 10.6 Å². The molecule has 0 aromatic carbocycles. The molecule has 2 aliphatic carbocycles. The van der Waals surface area contributed by atoms with Gasteiger partial charge in [-0.05, 0) is 43.9 Å². The summed E-state index contributed by atoms with van der Waals surface area (Å²) in [5.41, 5.74) is 0.318. The molecule has 20 heavy (non-hydrogen) atoms. The quantitative estimate of drug-likeness (QED) is 0.587. The van der Waals surface area contributed by atoms with Crippen molar-refractivity contribution >= 4 is 17.3 Å². The molecule has 2 fully saturated rings. The molecule has 1 aromatic rings. The number of hydrogen-bond donors (Lipinski definition) is 2. The number of hydrogen-bond acceptors (Lipinski definition) is 6. The van der Waals surface area contributed by atoms with Crippen LogP contribution in [0.5, 0.6) is 0 Å². The molecule has 0 saturated heterocycles. The highest BCUT2D eigenvalue weighted by Crippen LogP contribution is 2.61. The topological polar surface area (TPSA) is 93.0 Å². The first-order chi connectivity index (χ1) is 9.66. The van der Waals surface area contributed by atoms with Gasteiger partial charge >= 0.3 is 5.69 Å². The van der Waals surface area contributed by atoms with E-state index in [2.05, 4.69) is 20.6 Å². The van der Waals surface area contributed by atoms with Gasteiger partial charge in [0.1, 0.15) is 6.33 Å². The van der Waals surface area contributed by atoms with Crippen molar-refractivity contribution in [2.45, 2.75) is 32.6 Å². The van der Waals surface area contributed by atoms with E-state index < -0.39 is 4.92 Å². The largest absolute Gasteiger partial charge is 0.364 e. The predicted octanol–water partition coefficient (Wildman–Crippen LogP) is 2.42. The summed E-state index contributed by atoms with van der Waals surface area (Å²) in [6, 6.07) is 0. The molecule has 0 atom stereocenters. The van der Waals surface area contributed by atoms with Crippen LogP contribution in [0.25, 0.3) is 0 Å². The van der Waals surface area contributed by atoms with E-state index in [1.165, 1.54) is 32.0 Å². The molecule has 1 heterocycles. The van der Waals surface area contributed by atoms with Crippen LogP contribution < -0.4 is 10.6 Å². The highest BCUT2D eigenvalue weighted by molar-refractivity contribution is 5.69. The summed E-state index contributed by atoms with van der Waals surface area (Å²) >= 11 is 0. The molecule has 0 spiro atoms. The van der Waals surface area contributed by atoms with Gasteiger partial charge in [-0.25, -0.2) is 9.97 Å². The number of anilines is 2. The maximum absolute atomic E-state index is 11.2. The third-order valence-electron chi connectivity index (χ3n) is 4.29. The van der Waals surface area contributed by atoms with Crippen LogP contribution in [0.15, 0.2) is 6.33 Å². The Morgan fingerprint density at radius 1 is 1.35 bits per heavy atom. The lowest BCUT2D eigenvalue weighted by Gasteiger charge is -2.15. The Labute approximate surface area is 117 Å². The minimum atomic E-state index is -0.420. The lowest BCUT2D eigenvalue weighted by molar-refractivity contribution is -0.383. The number of aromatic nitrogens is 2. The van der Waals surface area contributed by atoms with Crippen LogP contribution in [0.4, 0.5) is 17.3 Å². The van der Waals surface area contributed by atoms with Crippen LogP contribution in [0.1, 0.15) is 32.6 Å². The normalized spacial score (nSPS) is 19.4. The average Bonchev–Trinajstić information content (AvgIpc) is 3.27. The molecule has 0 amide bonds. The molecule has 7 nitrogen and oxygen atoms in total. The second-order valence-electron chi connectivity index (χ2n) is 5.70. The monoisotopic (exact) mass is 277 g/mol. The number of nitrogens with one attached hydrogen (secondary N) is 2. The fourth-order valence-electron chi connectivity index (χ4n) is 2.82. The molecule has 2 N–H and O–H groups in total. The smallest absolute Gasteiger partial charge is 0.353 e. The molecule has 0 radical (unpaired) electrons. The molecule has 3 rings (SSSR count). The Balaban J connectivity index is 1.77. The molecule has 0 aliphatic heterocycles. The lowest BCUT2D eigenvalue weighted by Crippen LogP contribution is -2.19. The summed E-state index contributed by atoms with van der Waals surface area (Å²) in [5, 5.41) is 17.3. The third-order valence-corrected chi connectivity index (χ3v) is 4.29. The molecular weight excluding hydrogens is 258 g/mol. The Bertz CT molecular complexity index is 525. The zero-order valence-electron chi connectivity index (χ0n) is 11.6. The minimum Gasteiger partial charge on any atom is -0.364 e. The van der Waals surface area contributed by atoms with Crippen molar-refractivity contribution < 1.29 is 4.92 Å². The summed E-state index contributed by atoms with van der Waals surface area (Å²) in [5.74, 6) is 1.42. The highest BCUT2D eigenvalue weighted by Gasteiger charge is 2.53. The van der Waals surface area contributed by atoms with E-state index in [9.17, 15) is 10.1 Å². The summed E-state index contributed by atoms with van der Waals surface area (Å²) in [7, 11) is 0.